The van der Waals surface area contributed by atoms with Crippen LogP contribution < -0.4 is 9.47 Å². The van der Waals surface area contributed by atoms with Crippen LogP contribution in [-0.4, -0.2) is 21.0 Å². The number of hydrogen-bond donors (Lipinski definition) is 0. The van der Waals surface area contributed by atoms with E-state index in [4.69, 9.17) is 14.2 Å². The Labute approximate surface area is 108 Å². The summed E-state index contributed by atoms with van der Waals surface area (Å²) >= 11 is 3.54. The van der Waals surface area contributed by atoms with Crippen LogP contribution in [0.2, 0.25) is 0 Å². The molecule has 0 aromatic heterocycles. The zero-order chi connectivity index (χ0) is 12.3. The Morgan fingerprint density at radius 1 is 1.12 bits per heavy atom. The molecular weight excluding hydrogens is 284 g/mol. The van der Waals surface area contributed by atoms with E-state index in [0.717, 1.165) is 26.7 Å². The molecule has 0 saturated carbocycles. The fourth-order valence-corrected chi connectivity index (χ4v) is 2.22. The Morgan fingerprint density at radius 2 is 1.94 bits per heavy atom. The molecule has 0 aliphatic rings. The average molecular weight is 297 g/mol. The lowest BCUT2D eigenvalue weighted by atomic mass is 10.1. The second kappa shape index (κ2) is 5.38. The molecule has 4 heteroatoms. The fraction of sp³-hybridized carbons (Fsp3) is 0.231. The molecule has 3 nitrogen and oxygen atoms in total. The molecule has 0 bridgehead atoms. The van der Waals surface area contributed by atoms with Crippen LogP contribution in [0.5, 0.6) is 11.5 Å². The monoisotopic (exact) mass is 296 g/mol. The third-order valence-corrected chi connectivity index (χ3v) is 3.28. The summed E-state index contributed by atoms with van der Waals surface area (Å²) in [5.41, 5.74) is 0. The Morgan fingerprint density at radius 3 is 2.65 bits per heavy atom. The van der Waals surface area contributed by atoms with Gasteiger partial charge in [0.25, 0.3) is 0 Å². The van der Waals surface area contributed by atoms with Crippen molar-refractivity contribution in [3.05, 3.63) is 34.8 Å². The van der Waals surface area contributed by atoms with E-state index < -0.39 is 0 Å². The second-order valence-electron chi connectivity index (χ2n) is 3.52. The van der Waals surface area contributed by atoms with Gasteiger partial charge in [0, 0.05) is 7.11 Å². The van der Waals surface area contributed by atoms with Crippen molar-refractivity contribution in [1.82, 2.24) is 0 Å². The summed E-state index contributed by atoms with van der Waals surface area (Å²) in [7, 11) is 3.26. The first-order valence-electron chi connectivity index (χ1n) is 5.14. The highest BCUT2D eigenvalue weighted by atomic mass is 79.9. The van der Waals surface area contributed by atoms with Crippen LogP contribution in [-0.2, 0) is 4.74 Å². The maximum absolute atomic E-state index is 5.45. The van der Waals surface area contributed by atoms with Gasteiger partial charge in [0.2, 0.25) is 0 Å². The van der Waals surface area contributed by atoms with Crippen LogP contribution in [0.3, 0.4) is 0 Å². The van der Waals surface area contributed by atoms with Gasteiger partial charge in [0.1, 0.15) is 11.5 Å². The van der Waals surface area contributed by atoms with E-state index in [9.17, 15) is 0 Å². The summed E-state index contributed by atoms with van der Waals surface area (Å²) in [6, 6.07) is 9.81. The molecule has 0 fully saturated rings. The lowest BCUT2D eigenvalue weighted by Gasteiger charge is -2.10. The van der Waals surface area contributed by atoms with Crippen molar-refractivity contribution in [3.8, 4) is 11.5 Å². The minimum atomic E-state index is 0.236. The van der Waals surface area contributed by atoms with Gasteiger partial charge < -0.3 is 14.2 Å². The van der Waals surface area contributed by atoms with Gasteiger partial charge in [-0.05, 0) is 51.0 Å². The highest BCUT2D eigenvalue weighted by molar-refractivity contribution is 9.10. The standard InChI is InChI=1S/C13H13BrO3/c1-15-8-17-12-6-3-9-7-10(16-2)4-5-11(9)13(12)14/h3-7H,8H2,1-2H3. The minimum absolute atomic E-state index is 0.236. The first-order chi connectivity index (χ1) is 8.26. The molecule has 2 aromatic carbocycles. The quantitative estimate of drug-likeness (QED) is 0.807. The van der Waals surface area contributed by atoms with Gasteiger partial charge >= 0.3 is 0 Å². The molecule has 0 atom stereocenters. The summed E-state index contributed by atoms with van der Waals surface area (Å²) in [4.78, 5) is 0. The van der Waals surface area contributed by atoms with Crippen molar-refractivity contribution in [2.75, 3.05) is 21.0 Å². The molecule has 0 radical (unpaired) electrons. The average Bonchev–Trinajstić information content (AvgIpc) is 2.37. The Kier molecular flexibility index (Phi) is 3.86. The highest BCUT2D eigenvalue weighted by Gasteiger charge is 2.06. The normalized spacial score (nSPS) is 10.5. The predicted molar refractivity (Wildman–Crippen MR) is 70.7 cm³/mol. The van der Waals surface area contributed by atoms with Crippen molar-refractivity contribution < 1.29 is 14.2 Å². The molecule has 17 heavy (non-hydrogen) atoms. The van der Waals surface area contributed by atoms with Crippen molar-refractivity contribution in [2.45, 2.75) is 0 Å². The third kappa shape index (κ3) is 2.53. The summed E-state index contributed by atoms with van der Waals surface area (Å²) in [6.07, 6.45) is 0. The molecule has 0 heterocycles. The van der Waals surface area contributed by atoms with Gasteiger partial charge in [-0.2, -0.15) is 0 Å². The van der Waals surface area contributed by atoms with E-state index in [1.54, 1.807) is 14.2 Å². The van der Waals surface area contributed by atoms with Crippen LogP contribution in [0.25, 0.3) is 10.8 Å². The van der Waals surface area contributed by atoms with Gasteiger partial charge in [-0.3, -0.25) is 0 Å². The second-order valence-corrected chi connectivity index (χ2v) is 4.31. The molecule has 90 valence electrons. The number of benzene rings is 2. The number of ether oxygens (including phenoxy) is 3. The van der Waals surface area contributed by atoms with Crippen LogP contribution >= 0.6 is 15.9 Å². The lowest BCUT2D eigenvalue weighted by molar-refractivity contribution is 0.0507. The lowest BCUT2D eigenvalue weighted by Crippen LogP contribution is -1.99. The van der Waals surface area contributed by atoms with Crippen molar-refractivity contribution >= 4 is 26.7 Å². The molecule has 2 rings (SSSR count). The first-order valence-corrected chi connectivity index (χ1v) is 5.93. The van der Waals surface area contributed by atoms with E-state index in [1.807, 2.05) is 30.3 Å². The molecule has 0 aliphatic heterocycles. The summed E-state index contributed by atoms with van der Waals surface area (Å²) in [5.74, 6) is 1.61. The van der Waals surface area contributed by atoms with Gasteiger partial charge in [0.15, 0.2) is 6.79 Å². The molecule has 0 saturated heterocycles. The minimum Gasteiger partial charge on any atom is -0.497 e. The first kappa shape index (κ1) is 12.2. The van der Waals surface area contributed by atoms with Gasteiger partial charge in [-0.25, -0.2) is 0 Å². The topological polar surface area (TPSA) is 27.7 Å². The number of fused-ring (bicyclic) bond motifs is 1. The van der Waals surface area contributed by atoms with Crippen LogP contribution in [0, 0.1) is 0 Å². The van der Waals surface area contributed by atoms with E-state index in [0.29, 0.717) is 0 Å². The van der Waals surface area contributed by atoms with Crippen LogP contribution in [0.15, 0.2) is 34.8 Å². The maximum atomic E-state index is 5.45. The fourth-order valence-electron chi connectivity index (χ4n) is 1.61. The molecule has 0 spiro atoms. The molecule has 0 unspecified atom stereocenters. The number of methoxy groups -OCH3 is 2. The zero-order valence-electron chi connectivity index (χ0n) is 9.70. The van der Waals surface area contributed by atoms with E-state index >= 15 is 0 Å². The van der Waals surface area contributed by atoms with E-state index in [2.05, 4.69) is 15.9 Å². The largest absolute Gasteiger partial charge is 0.497 e. The Bertz CT molecular complexity index is 525. The van der Waals surface area contributed by atoms with Crippen molar-refractivity contribution in [2.24, 2.45) is 0 Å². The highest BCUT2D eigenvalue weighted by Crippen LogP contribution is 2.34. The van der Waals surface area contributed by atoms with Gasteiger partial charge in [-0.1, -0.05) is 6.07 Å². The van der Waals surface area contributed by atoms with Crippen LogP contribution in [0.4, 0.5) is 0 Å². The molecular formula is C13H13BrO3. The van der Waals surface area contributed by atoms with Crippen LogP contribution in [0.1, 0.15) is 0 Å². The SMILES string of the molecule is COCOc1ccc2cc(OC)ccc2c1Br. The van der Waals surface area contributed by atoms with Gasteiger partial charge in [0.05, 0.1) is 11.6 Å². The van der Waals surface area contributed by atoms with E-state index in [-0.39, 0.29) is 6.79 Å². The summed E-state index contributed by atoms with van der Waals surface area (Å²) < 4.78 is 16.5. The van der Waals surface area contributed by atoms with Gasteiger partial charge in [-0.15, -0.1) is 0 Å². The summed E-state index contributed by atoms with van der Waals surface area (Å²) in [6.45, 7) is 0.236. The number of hydrogen-bond acceptors (Lipinski definition) is 3. The zero-order valence-corrected chi connectivity index (χ0v) is 11.3. The molecule has 0 aliphatic carbocycles. The van der Waals surface area contributed by atoms with Crippen molar-refractivity contribution in [1.29, 1.82) is 0 Å². The smallest absolute Gasteiger partial charge is 0.188 e. The predicted octanol–water partition coefficient (Wildman–Crippen LogP) is 3.59. The van der Waals surface area contributed by atoms with E-state index in [1.165, 1.54) is 0 Å². The Balaban J connectivity index is 2.45. The van der Waals surface area contributed by atoms with Crippen molar-refractivity contribution in [3.63, 3.8) is 0 Å². The summed E-state index contributed by atoms with van der Waals surface area (Å²) in [5, 5.41) is 2.18. The number of halogens is 1. The molecule has 2 aromatic rings. The Hall–Kier alpha value is -1.26. The maximum Gasteiger partial charge on any atom is 0.188 e. The number of rotatable bonds is 4. The third-order valence-electron chi connectivity index (χ3n) is 2.46. The molecule has 0 N–H and O–H groups in total. The molecule has 0 amide bonds.